The van der Waals surface area contributed by atoms with E-state index in [0.717, 1.165) is 4.90 Å². The molecule has 1 fully saturated rings. The van der Waals surface area contributed by atoms with Gasteiger partial charge in [-0.3, -0.25) is 4.79 Å². The molecule has 0 spiro atoms. The molecular weight excluding hydrogens is 388 g/mol. The zero-order valence-electron chi connectivity index (χ0n) is 17.9. The number of phenols is 1. The summed E-state index contributed by atoms with van der Waals surface area (Å²) in [7, 11) is 0. The fourth-order valence-corrected chi connectivity index (χ4v) is 3.54. The third-order valence-electron chi connectivity index (χ3n) is 5.12. The summed E-state index contributed by atoms with van der Waals surface area (Å²) in [5.41, 5.74) is 1.00. The van der Waals surface area contributed by atoms with Crippen molar-refractivity contribution in [3.05, 3.63) is 95.6 Å². The first-order chi connectivity index (χ1) is 15.2. The number of amides is 1. The minimum atomic E-state index is -1.95. The molecule has 3 aromatic carbocycles. The van der Waals surface area contributed by atoms with Gasteiger partial charge in [0.1, 0.15) is 17.4 Å². The van der Waals surface area contributed by atoms with Crippen LogP contribution >= 0.6 is 0 Å². The Labute approximate surface area is 175 Å². The SMILES string of the molecule is [2H][C@]1(CC[C@H](O)c2ccc(F)cc2)C(=O)N(c2ccc(F)cc2)[C@]1([2H])c1ccc(O)cc1. The van der Waals surface area contributed by atoms with Crippen LogP contribution in [0.4, 0.5) is 14.5 Å². The second kappa shape index (κ2) is 8.24. The average molecular weight is 411 g/mol. The lowest BCUT2D eigenvalue weighted by atomic mass is 9.78. The van der Waals surface area contributed by atoms with Gasteiger partial charge in [0.15, 0.2) is 0 Å². The minimum Gasteiger partial charge on any atom is -0.508 e. The van der Waals surface area contributed by atoms with E-state index in [2.05, 4.69) is 0 Å². The first-order valence-electron chi connectivity index (χ1n) is 10.5. The molecule has 6 heteroatoms. The van der Waals surface area contributed by atoms with Gasteiger partial charge in [-0.2, -0.15) is 0 Å². The minimum absolute atomic E-state index is 0.00313. The van der Waals surface area contributed by atoms with Crippen LogP contribution in [0.5, 0.6) is 5.75 Å². The number of carbonyl (C=O) groups excluding carboxylic acids is 1. The smallest absolute Gasteiger partial charge is 0.233 e. The number of halogens is 2. The molecule has 3 aromatic rings. The van der Waals surface area contributed by atoms with Gasteiger partial charge in [0, 0.05) is 7.06 Å². The number of aliphatic hydroxyl groups excluding tert-OH is 1. The Morgan fingerprint density at radius 3 is 2.10 bits per heavy atom. The first kappa shape index (κ1) is 17.6. The molecule has 0 radical (unpaired) electrons. The molecule has 0 aliphatic carbocycles. The second-order valence-electron chi connectivity index (χ2n) is 7.10. The lowest BCUT2D eigenvalue weighted by Gasteiger charge is -2.48. The van der Waals surface area contributed by atoms with Crippen LogP contribution in [0.3, 0.4) is 0 Å². The summed E-state index contributed by atoms with van der Waals surface area (Å²) in [6.07, 6.45) is -1.20. The molecule has 4 rings (SSSR count). The van der Waals surface area contributed by atoms with Crippen molar-refractivity contribution >= 4 is 11.6 Å². The van der Waals surface area contributed by atoms with Crippen molar-refractivity contribution in [2.45, 2.75) is 25.0 Å². The monoisotopic (exact) mass is 411 g/mol. The predicted octanol–water partition coefficient (Wildman–Crippen LogP) is 4.89. The molecule has 0 bridgehead atoms. The molecule has 154 valence electrons. The van der Waals surface area contributed by atoms with Gasteiger partial charge in [0.2, 0.25) is 5.91 Å². The summed E-state index contributed by atoms with van der Waals surface area (Å²) in [6.45, 7) is 0. The van der Waals surface area contributed by atoms with Crippen molar-refractivity contribution in [2.24, 2.45) is 5.89 Å². The summed E-state index contributed by atoms with van der Waals surface area (Å²) in [6, 6.07) is 14.1. The van der Waals surface area contributed by atoms with Gasteiger partial charge < -0.3 is 15.1 Å². The van der Waals surface area contributed by atoms with Crippen LogP contribution in [0, 0.1) is 17.5 Å². The molecule has 1 aliphatic heterocycles. The maximum atomic E-state index is 13.4. The zero-order chi connectivity index (χ0) is 23.1. The Morgan fingerprint density at radius 1 is 0.933 bits per heavy atom. The molecule has 0 aromatic heterocycles. The fourth-order valence-electron chi connectivity index (χ4n) is 3.54. The maximum Gasteiger partial charge on any atom is 0.233 e. The van der Waals surface area contributed by atoms with E-state index < -0.39 is 35.6 Å². The van der Waals surface area contributed by atoms with Crippen LogP contribution < -0.4 is 4.90 Å². The van der Waals surface area contributed by atoms with E-state index in [1.54, 1.807) is 0 Å². The molecule has 1 amide bonds. The van der Waals surface area contributed by atoms with E-state index in [4.69, 9.17) is 1.37 Å². The molecule has 1 saturated heterocycles. The largest absolute Gasteiger partial charge is 0.508 e. The maximum absolute atomic E-state index is 13.4. The predicted molar refractivity (Wildman–Crippen MR) is 109 cm³/mol. The van der Waals surface area contributed by atoms with Crippen molar-refractivity contribution in [3.8, 4) is 5.75 Å². The number of hydrogen-bond donors (Lipinski definition) is 2. The van der Waals surface area contributed by atoms with Crippen molar-refractivity contribution < 1.29 is 26.5 Å². The van der Waals surface area contributed by atoms with Crippen LogP contribution in [0.2, 0.25) is 0 Å². The number of rotatable bonds is 6. The Morgan fingerprint density at radius 2 is 1.50 bits per heavy atom. The lowest BCUT2D eigenvalue weighted by Crippen LogP contribution is -2.55. The summed E-state index contributed by atoms with van der Waals surface area (Å²) in [5.74, 6) is -3.57. The van der Waals surface area contributed by atoms with E-state index in [0.29, 0.717) is 11.1 Å². The number of aliphatic hydroxyl groups is 1. The van der Waals surface area contributed by atoms with Gasteiger partial charge in [-0.25, -0.2) is 8.78 Å². The van der Waals surface area contributed by atoms with Gasteiger partial charge in [0.25, 0.3) is 0 Å². The highest BCUT2D eigenvalue weighted by atomic mass is 19.1. The number of benzene rings is 3. The van der Waals surface area contributed by atoms with Crippen molar-refractivity contribution in [1.82, 2.24) is 0 Å². The molecular formula is C24H21F2NO3. The molecule has 0 saturated carbocycles. The Hall–Kier alpha value is -3.25. The van der Waals surface area contributed by atoms with Gasteiger partial charge >= 0.3 is 0 Å². The van der Waals surface area contributed by atoms with E-state index in [-0.39, 0.29) is 24.3 Å². The van der Waals surface area contributed by atoms with Crippen LogP contribution in [0.15, 0.2) is 72.8 Å². The average Bonchev–Trinajstić information content (AvgIpc) is 2.79. The lowest BCUT2D eigenvalue weighted by molar-refractivity contribution is -0.131. The molecule has 1 heterocycles. The first-order valence-corrected chi connectivity index (χ1v) is 9.50. The Balaban J connectivity index is 1.67. The standard InChI is InChI=1S/C24H21F2NO3/c25-17-5-1-15(2-6-17)22(29)14-13-21-23(16-3-11-20(28)12-4-16)27(24(21)30)19-9-7-18(26)8-10-19/h1-12,21-23,28-29H,13-14H2/t21-,22+,23-/m1/s1/i21D,23D. The van der Waals surface area contributed by atoms with Crippen LogP contribution in [0.1, 0.15) is 38.8 Å². The molecule has 1 aliphatic rings. The van der Waals surface area contributed by atoms with Crippen LogP contribution in [-0.2, 0) is 4.79 Å². The summed E-state index contributed by atoms with van der Waals surface area (Å²) in [4.78, 5) is 14.3. The third-order valence-corrected chi connectivity index (χ3v) is 5.12. The van der Waals surface area contributed by atoms with E-state index in [1.165, 1.54) is 72.8 Å². The fraction of sp³-hybridized carbons (Fsp3) is 0.208. The second-order valence-corrected chi connectivity index (χ2v) is 7.10. The number of β-lactam (4-membered cyclic amide) rings is 1. The third kappa shape index (κ3) is 3.91. The van der Waals surface area contributed by atoms with E-state index >= 15 is 0 Å². The van der Waals surface area contributed by atoms with Gasteiger partial charge in [-0.15, -0.1) is 0 Å². The zero-order valence-corrected chi connectivity index (χ0v) is 15.9. The van der Waals surface area contributed by atoms with Gasteiger partial charge in [-0.1, -0.05) is 24.3 Å². The van der Waals surface area contributed by atoms with Crippen molar-refractivity contribution in [2.75, 3.05) is 4.90 Å². The number of anilines is 1. The molecule has 0 unspecified atom stereocenters. The highest BCUT2D eigenvalue weighted by Gasteiger charge is 2.48. The Bertz CT molecular complexity index is 1130. The summed E-state index contributed by atoms with van der Waals surface area (Å²) >= 11 is 0. The number of nitrogens with zero attached hydrogens (tertiary/aromatic N) is 1. The summed E-state index contributed by atoms with van der Waals surface area (Å²) < 4.78 is 44.7. The highest BCUT2D eigenvalue weighted by molar-refractivity contribution is 6.03. The highest BCUT2D eigenvalue weighted by Crippen LogP contribution is 2.46. The number of carbonyl (C=O) groups is 1. The van der Waals surface area contributed by atoms with Crippen molar-refractivity contribution in [1.29, 1.82) is 0 Å². The molecule has 4 nitrogen and oxygen atoms in total. The van der Waals surface area contributed by atoms with Gasteiger partial charge in [-0.05, 0) is 72.5 Å². The number of phenolic OH excluding ortho intramolecular Hbond substituents is 1. The Kier molecular flexibility index (Phi) is 4.83. The topological polar surface area (TPSA) is 60.8 Å². The van der Waals surface area contributed by atoms with E-state index in [1.807, 2.05) is 0 Å². The van der Waals surface area contributed by atoms with Crippen molar-refractivity contribution in [3.63, 3.8) is 0 Å². The normalized spacial score (nSPS) is 25.3. The molecule has 30 heavy (non-hydrogen) atoms. The molecule has 3 atom stereocenters. The number of aromatic hydroxyl groups is 1. The quantitative estimate of drug-likeness (QED) is 0.568. The van der Waals surface area contributed by atoms with Crippen LogP contribution in [-0.4, -0.2) is 16.1 Å². The number of hydrogen-bond acceptors (Lipinski definition) is 3. The van der Waals surface area contributed by atoms with Gasteiger partial charge in [0.05, 0.1) is 19.4 Å². The molecule has 2 N–H and O–H groups in total. The summed E-state index contributed by atoms with van der Waals surface area (Å²) in [5, 5.41) is 20.1. The van der Waals surface area contributed by atoms with E-state index in [9.17, 15) is 25.2 Å². The van der Waals surface area contributed by atoms with Crippen LogP contribution in [0.25, 0.3) is 0 Å².